The van der Waals surface area contributed by atoms with Crippen LogP contribution in [-0.2, 0) is 16.4 Å². The van der Waals surface area contributed by atoms with E-state index in [2.05, 4.69) is 10.0 Å². The van der Waals surface area contributed by atoms with Crippen LogP contribution in [-0.4, -0.2) is 22.0 Å². The van der Waals surface area contributed by atoms with Gasteiger partial charge in [0, 0.05) is 13.6 Å². The Labute approximate surface area is 126 Å². The molecule has 21 heavy (non-hydrogen) atoms. The quantitative estimate of drug-likeness (QED) is 0.773. The topological polar surface area (TPSA) is 58.2 Å². The van der Waals surface area contributed by atoms with E-state index >= 15 is 0 Å². The largest absolute Gasteiger partial charge is 0.387 e. The SMILES string of the molecule is CNc1ccccc1S(=O)(=O)NCCCc1ccccc1. The summed E-state index contributed by atoms with van der Waals surface area (Å²) >= 11 is 0. The molecule has 2 N–H and O–H groups in total. The summed E-state index contributed by atoms with van der Waals surface area (Å²) in [4.78, 5) is 0.284. The molecule has 0 amide bonds. The summed E-state index contributed by atoms with van der Waals surface area (Å²) in [5, 5.41) is 2.90. The van der Waals surface area contributed by atoms with Gasteiger partial charge in [-0.25, -0.2) is 13.1 Å². The highest BCUT2D eigenvalue weighted by Crippen LogP contribution is 2.19. The van der Waals surface area contributed by atoms with Crippen molar-refractivity contribution >= 4 is 15.7 Å². The van der Waals surface area contributed by atoms with E-state index < -0.39 is 10.0 Å². The molecule has 0 radical (unpaired) electrons. The van der Waals surface area contributed by atoms with Crippen LogP contribution in [0, 0.1) is 0 Å². The zero-order valence-electron chi connectivity index (χ0n) is 12.0. The molecule has 0 aliphatic heterocycles. The molecule has 0 saturated carbocycles. The van der Waals surface area contributed by atoms with Gasteiger partial charge in [-0.05, 0) is 30.5 Å². The molecule has 0 saturated heterocycles. The molecule has 0 aliphatic rings. The second-order valence-electron chi connectivity index (χ2n) is 4.73. The first-order chi connectivity index (χ1) is 10.1. The van der Waals surface area contributed by atoms with Crippen LogP contribution in [0.1, 0.15) is 12.0 Å². The molecule has 0 unspecified atom stereocenters. The van der Waals surface area contributed by atoms with Gasteiger partial charge in [0.05, 0.1) is 5.69 Å². The maximum Gasteiger partial charge on any atom is 0.242 e. The maximum atomic E-state index is 12.3. The number of para-hydroxylation sites is 1. The van der Waals surface area contributed by atoms with Crippen LogP contribution in [0.3, 0.4) is 0 Å². The van der Waals surface area contributed by atoms with Gasteiger partial charge >= 0.3 is 0 Å². The lowest BCUT2D eigenvalue weighted by Gasteiger charge is -2.11. The molecule has 0 atom stereocenters. The third-order valence-corrected chi connectivity index (χ3v) is 4.74. The molecule has 0 heterocycles. The van der Waals surface area contributed by atoms with Gasteiger partial charge in [0.25, 0.3) is 0 Å². The summed E-state index contributed by atoms with van der Waals surface area (Å²) in [5.41, 5.74) is 1.82. The van der Waals surface area contributed by atoms with Crippen molar-refractivity contribution in [3.8, 4) is 0 Å². The number of hydrogen-bond donors (Lipinski definition) is 2. The van der Waals surface area contributed by atoms with Gasteiger partial charge in [-0.15, -0.1) is 0 Å². The standard InChI is InChI=1S/C16H20N2O2S/c1-17-15-11-5-6-12-16(15)21(19,20)18-13-7-10-14-8-3-2-4-9-14/h2-6,8-9,11-12,17-18H,7,10,13H2,1H3. The Morgan fingerprint density at radius 1 is 0.952 bits per heavy atom. The van der Waals surface area contributed by atoms with Crippen molar-refractivity contribution in [2.75, 3.05) is 18.9 Å². The smallest absolute Gasteiger partial charge is 0.242 e. The molecule has 0 spiro atoms. The molecular formula is C16H20N2O2S. The van der Waals surface area contributed by atoms with Crippen LogP contribution in [0.25, 0.3) is 0 Å². The fourth-order valence-corrected chi connectivity index (χ4v) is 3.41. The Balaban J connectivity index is 1.93. The van der Waals surface area contributed by atoms with E-state index in [0.29, 0.717) is 12.2 Å². The molecular weight excluding hydrogens is 284 g/mol. The number of rotatable bonds is 7. The number of hydrogen-bond acceptors (Lipinski definition) is 3. The van der Waals surface area contributed by atoms with E-state index in [1.807, 2.05) is 30.3 Å². The number of benzene rings is 2. The highest BCUT2D eigenvalue weighted by molar-refractivity contribution is 7.89. The minimum atomic E-state index is -3.47. The van der Waals surface area contributed by atoms with E-state index in [1.54, 1.807) is 31.3 Å². The summed E-state index contributed by atoms with van der Waals surface area (Å²) < 4.78 is 27.2. The van der Waals surface area contributed by atoms with Crippen LogP contribution < -0.4 is 10.0 Å². The summed E-state index contributed by atoms with van der Waals surface area (Å²) in [6.45, 7) is 0.426. The van der Waals surface area contributed by atoms with Gasteiger partial charge in [0.15, 0.2) is 0 Å². The summed E-state index contributed by atoms with van der Waals surface area (Å²) in [7, 11) is -1.76. The third-order valence-electron chi connectivity index (χ3n) is 3.22. The zero-order chi connectivity index (χ0) is 15.1. The molecule has 0 aliphatic carbocycles. The van der Waals surface area contributed by atoms with Gasteiger partial charge in [-0.1, -0.05) is 42.5 Å². The Morgan fingerprint density at radius 3 is 2.33 bits per heavy atom. The summed E-state index contributed by atoms with van der Waals surface area (Å²) in [6.07, 6.45) is 1.63. The summed E-state index contributed by atoms with van der Waals surface area (Å²) in [6, 6.07) is 16.9. The molecule has 4 nitrogen and oxygen atoms in total. The van der Waals surface area contributed by atoms with Crippen LogP contribution in [0.2, 0.25) is 0 Å². The predicted octanol–water partition coefficient (Wildman–Crippen LogP) is 2.64. The third kappa shape index (κ3) is 4.31. The second-order valence-corrected chi connectivity index (χ2v) is 6.47. The number of nitrogens with one attached hydrogen (secondary N) is 2. The Morgan fingerprint density at radius 2 is 1.62 bits per heavy atom. The van der Waals surface area contributed by atoms with Gasteiger partial charge in [-0.3, -0.25) is 0 Å². The van der Waals surface area contributed by atoms with Crippen molar-refractivity contribution in [1.29, 1.82) is 0 Å². The molecule has 5 heteroatoms. The minimum Gasteiger partial charge on any atom is -0.387 e. The molecule has 2 aromatic rings. The van der Waals surface area contributed by atoms with E-state index in [-0.39, 0.29) is 4.90 Å². The number of sulfonamides is 1. The van der Waals surface area contributed by atoms with Gasteiger partial charge < -0.3 is 5.32 Å². The van der Waals surface area contributed by atoms with E-state index in [1.165, 1.54) is 5.56 Å². The zero-order valence-corrected chi connectivity index (χ0v) is 12.9. The minimum absolute atomic E-state index is 0.284. The Bertz CT molecular complexity index is 670. The number of aryl methyl sites for hydroxylation is 1. The van der Waals surface area contributed by atoms with Crippen molar-refractivity contribution in [3.05, 3.63) is 60.2 Å². The van der Waals surface area contributed by atoms with Gasteiger partial charge in [0.2, 0.25) is 10.0 Å². The first kappa shape index (κ1) is 15.5. The van der Waals surface area contributed by atoms with Crippen molar-refractivity contribution < 1.29 is 8.42 Å². The molecule has 0 aromatic heterocycles. The van der Waals surface area contributed by atoms with Crippen LogP contribution in [0.5, 0.6) is 0 Å². The molecule has 2 aromatic carbocycles. The van der Waals surface area contributed by atoms with Gasteiger partial charge in [0.1, 0.15) is 4.90 Å². The summed E-state index contributed by atoms with van der Waals surface area (Å²) in [5.74, 6) is 0. The van der Waals surface area contributed by atoms with E-state index in [0.717, 1.165) is 12.8 Å². The lowest BCUT2D eigenvalue weighted by Crippen LogP contribution is -2.25. The number of anilines is 1. The Kier molecular flexibility index (Phi) is 5.36. The second kappa shape index (κ2) is 7.24. The molecule has 0 fully saturated rings. The average molecular weight is 304 g/mol. The lowest BCUT2D eigenvalue weighted by molar-refractivity contribution is 0.579. The highest BCUT2D eigenvalue weighted by Gasteiger charge is 2.16. The predicted molar refractivity (Wildman–Crippen MR) is 85.9 cm³/mol. The van der Waals surface area contributed by atoms with Crippen molar-refractivity contribution in [3.63, 3.8) is 0 Å². The monoisotopic (exact) mass is 304 g/mol. The molecule has 0 bridgehead atoms. The fraction of sp³-hybridized carbons (Fsp3) is 0.250. The molecule has 2 rings (SSSR count). The molecule has 112 valence electrons. The van der Waals surface area contributed by atoms with Crippen LogP contribution >= 0.6 is 0 Å². The first-order valence-electron chi connectivity index (χ1n) is 6.94. The van der Waals surface area contributed by atoms with Crippen molar-refractivity contribution in [1.82, 2.24) is 4.72 Å². The maximum absolute atomic E-state index is 12.3. The fourth-order valence-electron chi connectivity index (χ4n) is 2.13. The van der Waals surface area contributed by atoms with Gasteiger partial charge in [-0.2, -0.15) is 0 Å². The van der Waals surface area contributed by atoms with E-state index in [9.17, 15) is 8.42 Å². The van der Waals surface area contributed by atoms with Crippen molar-refractivity contribution in [2.45, 2.75) is 17.7 Å². The highest BCUT2D eigenvalue weighted by atomic mass is 32.2. The average Bonchev–Trinajstić information content (AvgIpc) is 2.52. The van der Waals surface area contributed by atoms with Crippen LogP contribution in [0.4, 0.5) is 5.69 Å². The van der Waals surface area contributed by atoms with E-state index in [4.69, 9.17) is 0 Å². The lowest BCUT2D eigenvalue weighted by atomic mass is 10.1. The first-order valence-corrected chi connectivity index (χ1v) is 8.42. The van der Waals surface area contributed by atoms with Crippen molar-refractivity contribution in [2.24, 2.45) is 0 Å². The normalized spacial score (nSPS) is 11.3. The Hall–Kier alpha value is -1.85. The van der Waals surface area contributed by atoms with Crippen LogP contribution in [0.15, 0.2) is 59.5 Å².